The summed E-state index contributed by atoms with van der Waals surface area (Å²) in [6.07, 6.45) is 9.69. The summed E-state index contributed by atoms with van der Waals surface area (Å²) in [7, 11) is 0. The lowest BCUT2D eigenvalue weighted by Gasteiger charge is -2.19. The van der Waals surface area contributed by atoms with Gasteiger partial charge in [-0.1, -0.05) is 55.1 Å². The number of nitrogens with zero attached hydrogens (tertiary/aromatic N) is 2. The second-order valence-electron chi connectivity index (χ2n) is 7.41. The molecule has 4 rings (SSSR count). The lowest BCUT2D eigenvalue weighted by molar-refractivity contribution is -0.671. The Balaban J connectivity index is 1.60. The number of hydrogen-bond donors (Lipinski definition) is 0. The summed E-state index contributed by atoms with van der Waals surface area (Å²) in [5.41, 5.74) is 3.61. The highest BCUT2D eigenvalue weighted by molar-refractivity contribution is 8.03. The van der Waals surface area contributed by atoms with Crippen LogP contribution in [0.25, 0.3) is 17.0 Å². The molecule has 0 saturated heterocycles. The fourth-order valence-corrected chi connectivity index (χ4v) is 4.91. The number of carbonyl (C=O) groups is 1. The van der Waals surface area contributed by atoms with Crippen LogP contribution < -0.4 is 9.47 Å². The first-order valence-electron chi connectivity index (χ1n) is 10.6. The zero-order valence-corrected chi connectivity index (χ0v) is 18.8. The summed E-state index contributed by atoms with van der Waals surface area (Å²) in [4.78, 5) is 14.6. The van der Waals surface area contributed by atoms with Crippen molar-refractivity contribution in [2.75, 3.05) is 18.1 Å². The fourth-order valence-electron chi connectivity index (χ4n) is 3.81. The van der Waals surface area contributed by atoms with Crippen molar-refractivity contribution in [3.8, 4) is 0 Å². The highest BCUT2D eigenvalue weighted by Gasteiger charge is 2.24. The molecule has 1 aromatic heterocycles. The van der Waals surface area contributed by atoms with Gasteiger partial charge in [0, 0.05) is 30.4 Å². The van der Waals surface area contributed by atoms with Crippen molar-refractivity contribution < 1.29 is 14.1 Å². The molecular formula is C26H27N2O2S+. The molecule has 0 unspecified atom stereocenters. The zero-order valence-electron chi connectivity index (χ0n) is 18.0. The van der Waals surface area contributed by atoms with Gasteiger partial charge in [0.25, 0.3) is 0 Å². The molecule has 0 radical (unpaired) electrons. The number of anilines is 1. The summed E-state index contributed by atoms with van der Waals surface area (Å²) in [6, 6.07) is 19.1. The van der Waals surface area contributed by atoms with E-state index >= 15 is 0 Å². The second kappa shape index (κ2) is 9.84. The molecule has 4 nitrogen and oxygen atoms in total. The molecule has 3 aromatic rings. The Morgan fingerprint density at radius 1 is 1.13 bits per heavy atom. The molecule has 1 aliphatic rings. The maximum absolute atomic E-state index is 11.2. The predicted molar refractivity (Wildman–Crippen MR) is 128 cm³/mol. The Labute approximate surface area is 187 Å². The molecule has 0 fully saturated rings. The van der Waals surface area contributed by atoms with Crippen molar-refractivity contribution in [2.45, 2.75) is 31.7 Å². The Hall–Kier alpha value is -3.05. The van der Waals surface area contributed by atoms with E-state index in [1.807, 2.05) is 6.07 Å². The lowest BCUT2D eigenvalue weighted by atomic mass is 10.1. The van der Waals surface area contributed by atoms with E-state index in [2.05, 4.69) is 89.3 Å². The minimum Gasteiger partial charge on any atom is -0.464 e. The maximum atomic E-state index is 11.2. The molecule has 0 saturated carbocycles. The van der Waals surface area contributed by atoms with Crippen LogP contribution in [0.4, 0.5) is 5.69 Å². The molecule has 31 heavy (non-hydrogen) atoms. The van der Waals surface area contributed by atoms with E-state index < -0.39 is 0 Å². The lowest BCUT2D eigenvalue weighted by Crippen LogP contribution is -2.33. The average Bonchev–Trinajstić information content (AvgIpc) is 3.12. The number of allylic oxidation sites excluding steroid dienone is 2. The first-order chi connectivity index (χ1) is 15.2. The fraction of sp³-hybridized carbons (Fsp3) is 0.231. The van der Waals surface area contributed by atoms with E-state index in [0.29, 0.717) is 13.2 Å². The standard InChI is InChI=1S/C26H27N2O2S/c1-3-16-27-17-15-21(22-10-4-5-11-23(22)27)9-8-14-26-28(18-19-30-20(2)29)24-12-6-7-13-25(24)31-26/h4-15,17H,3,16,18-19H2,1-2H3/q+1. The number of aryl methyl sites for hydroxylation is 1. The Morgan fingerprint density at radius 3 is 2.77 bits per heavy atom. The van der Waals surface area contributed by atoms with Crippen molar-refractivity contribution in [3.05, 3.63) is 83.5 Å². The number of aromatic nitrogens is 1. The van der Waals surface area contributed by atoms with E-state index in [0.717, 1.165) is 23.7 Å². The molecule has 0 N–H and O–H groups in total. The van der Waals surface area contributed by atoms with Crippen LogP contribution in [-0.4, -0.2) is 19.1 Å². The number of hydrogen-bond acceptors (Lipinski definition) is 4. The van der Waals surface area contributed by atoms with Crippen molar-refractivity contribution in [3.63, 3.8) is 0 Å². The Bertz CT molecular complexity index is 1150. The minimum atomic E-state index is -0.248. The van der Waals surface area contributed by atoms with Gasteiger partial charge in [-0.3, -0.25) is 4.79 Å². The van der Waals surface area contributed by atoms with Crippen molar-refractivity contribution in [2.24, 2.45) is 0 Å². The van der Waals surface area contributed by atoms with Crippen molar-refractivity contribution >= 4 is 40.4 Å². The molecule has 0 aliphatic carbocycles. The van der Waals surface area contributed by atoms with Gasteiger partial charge in [0.05, 0.1) is 22.6 Å². The van der Waals surface area contributed by atoms with Gasteiger partial charge in [0.15, 0.2) is 6.20 Å². The molecule has 158 valence electrons. The molecule has 2 aromatic carbocycles. The number of thioether (sulfide) groups is 1. The molecule has 0 spiro atoms. The topological polar surface area (TPSA) is 33.4 Å². The van der Waals surface area contributed by atoms with E-state index in [-0.39, 0.29) is 5.97 Å². The van der Waals surface area contributed by atoms with Gasteiger partial charge < -0.3 is 9.64 Å². The third-order valence-electron chi connectivity index (χ3n) is 5.19. The van der Waals surface area contributed by atoms with Crippen LogP contribution in [0.3, 0.4) is 0 Å². The van der Waals surface area contributed by atoms with E-state index in [1.54, 1.807) is 11.8 Å². The maximum Gasteiger partial charge on any atom is 0.302 e. The normalized spacial score (nSPS) is 14.5. The zero-order chi connectivity index (χ0) is 21.6. The van der Waals surface area contributed by atoms with Gasteiger partial charge in [0.2, 0.25) is 5.52 Å². The minimum absolute atomic E-state index is 0.248. The number of rotatable bonds is 7. The third-order valence-corrected chi connectivity index (χ3v) is 6.33. The second-order valence-corrected chi connectivity index (χ2v) is 8.47. The van der Waals surface area contributed by atoms with Gasteiger partial charge in [0.1, 0.15) is 13.2 Å². The predicted octanol–water partition coefficient (Wildman–Crippen LogP) is 5.57. The highest BCUT2D eigenvalue weighted by atomic mass is 32.2. The number of esters is 1. The summed E-state index contributed by atoms with van der Waals surface area (Å²) in [6.45, 7) is 5.66. The third kappa shape index (κ3) is 4.83. The van der Waals surface area contributed by atoms with Crippen LogP contribution in [0.5, 0.6) is 0 Å². The van der Waals surface area contributed by atoms with E-state index in [9.17, 15) is 4.79 Å². The van der Waals surface area contributed by atoms with Gasteiger partial charge >= 0.3 is 5.97 Å². The van der Waals surface area contributed by atoms with Crippen LogP contribution in [0.15, 0.2) is 82.9 Å². The van der Waals surface area contributed by atoms with Crippen LogP contribution in [0, 0.1) is 0 Å². The van der Waals surface area contributed by atoms with Crippen LogP contribution in [0.1, 0.15) is 25.8 Å². The molecule has 5 heteroatoms. The number of benzene rings is 2. The van der Waals surface area contributed by atoms with Gasteiger partial charge in [-0.25, -0.2) is 0 Å². The highest BCUT2D eigenvalue weighted by Crippen LogP contribution is 2.45. The number of ether oxygens (including phenoxy) is 1. The van der Waals surface area contributed by atoms with Crippen LogP contribution >= 0.6 is 11.8 Å². The molecule has 0 bridgehead atoms. The summed E-state index contributed by atoms with van der Waals surface area (Å²) >= 11 is 1.74. The monoisotopic (exact) mass is 431 g/mol. The number of carbonyl (C=O) groups excluding carboxylic acids is 1. The van der Waals surface area contributed by atoms with Gasteiger partial charge in [-0.05, 0) is 29.8 Å². The van der Waals surface area contributed by atoms with Crippen molar-refractivity contribution in [1.82, 2.24) is 0 Å². The van der Waals surface area contributed by atoms with Gasteiger partial charge in [-0.2, -0.15) is 4.57 Å². The molecule has 1 aliphatic heterocycles. The molecule has 0 amide bonds. The van der Waals surface area contributed by atoms with Crippen LogP contribution in [0.2, 0.25) is 0 Å². The van der Waals surface area contributed by atoms with Crippen LogP contribution in [-0.2, 0) is 16.1 Å². The number of para-hydroxylation sites is 2. The smallest absolute Gasteiger partial charge is 0.302 e. The Kier molecular flexibility index (Phi) is 6.73. The summed E-state index contributed by atoms with van der Waals surface area (Å²) in [5.74, 6) is -0.248. The first kappa shape index (κ1) is 21.2. The largest absolute Gasteiger partial charge is 0.464 e. The van der Waals surface area contributed by atoms with Gasteiger partial charge in [-0.15, -0.1) is 0 Å². The van der Waals surface area contributed by atoms with E-state index in [4.69, 9.17) is 4.74 Å². The quantitative estimate of drug-likeness (QED) is 0.362. The number of pyridine rings is 1. The summed E-state index contributed by atoms with van der Waals surface area (Å²) in [5, 5.41) is 2.38. The molecule has 2 heterocycles. The first-order valence-corrected chi connectivity index (χ1v) is 11.5. The van der Waals surface area contributed by atoms with Crippen molar-refractivity contribution in [1.29, 1.82) is 0 Å². The number of fused-ring (bicyclic) bond motifs is 2. The Morgan fingerprint density at radius 2 is 1.94 bits per heavy atom. The molecular weight excluding hydrogens is 404 g/mol. The van der Waals surface area contributed by atoms with E-state index in [1.165, 1.54) is 28.3 Å². The average molecular weight is 432 g/mol. The SMILES string of the molecule is CCC[n+]1ccc(C=CC=C2Sc3ccccc3N2CCOC(C)=O)c2ccccc21. The molecule has 0 atom stereocenters. The summed E-state index contributed by atoms with van der Waals surface area (Å²) < 4.78 is 7.49.